The number of nitro groups is 2. The Morgan fingerprint density at radius 1 is 0.528 bits per heavy atom. The molecule has 4 amide bonds. The largest absolute Gasteiger partial charge is 0.323 e. The summed E-state index contributed by atoms with van der Waals surface area (Å²) in [4.78, 5) is 46.6. The minimum Gasteiger partial charge on any atom is -0.307 e. The first kappa shape index (κ1) is 23.6. The number of para-hydroxylation sites is 4. The fraction of sp³-hybridized carbons (Fsp3) is 0. The molecule has 180 valence electrons. The molecule has 12 heteroatoms. The third kappa shape index (κ3) is 5.17. The molecule has 4 aromatic rings. The molecule has 0 radical (unpaired) electrons. The molecule has 0 aliphatic carbocycles. The molecule has 0 fully saturated rings. The number of carbonyl (C=O) groups excluding carboxylic acids is 2. The maximum Gasteiger partial charge on any atom is 0.323 e. The summed E-state index contributed by atoms with van der Waals surface area (Å²) < 4.78 is 0. The minimum absolute atomic E-state index is 0.0161. The average Bonchev–Trinajstić information content (AvgIpc) is 2.84. The van der Waals surface area contributed by atoms with Crippen LogP contribution in [0.3, 0.4) is 0 Å². The van der Waals surface area contributed by atoms with Crippen LogP contribution in [0, 0.1) is 20.2 Å². The predicted molar refractivity (Wildman–Crippen MR) is 135 cm³/mol. The van der Waals surface area contributed by atoms with Gasteiger partial charge in [-0.2, -0.15) is 0 Å². The van der Waals surface area contributed by atoms with Crippen molar-refractivity contribution in [3.8, 4) is 0 Å². The van der Waals surface area contributed by atoms with E-state index in [-0.39, 0.29) is 22.7 Å². The zero-order valence-corrected chi connectivity index (χ0v) is 18.4. The van der Waals surface area contributed by atoms with Gasteiger partial charge in [-0.05, 0) is 29.7 Å². The second kappa shape index (κ2) is 10.2. The Kier molecular flexibility index (Phi) is 6.68. The molecule has 0 aliphatic heterocycles. The van der Waals surface area contributed by atoms with E-state index in [1.165, 1.54) is 36.4 Å². The fourth-order valence-electron chi connectivity index (χ4n) is 3.58. The number of anilines is 4. The van der Waals surface area contributed by atoms with E-state index in [2.05, 4.69) is 21.3 Å². The SMILES string of the molecule is O=C(Nc1ccccc1[N+](=O)[O-])Nc1cccc2cccc(NC(=O)Nc3ccccc3[N+](=O)[O-])c12. The number of hydrogen-bond acceptors (Lipinski definition) is 6. The van der Waals surface area contributed by atoms with E-state index < -0.39 is 21.9 Å². The van der Waals surface area contributed by atoms with Crippen LogP contribution in [-0.2, 0) is 0 Å². The van der Waals surface area contributed by atoms with Gasteiger partial charge >= 0.3 is 12.1 Å². The van der Waals surface area contributed by atoms with E-state index in [4.69, 9.17) is 0 Å². The highest BCUT2D eigenvalue weighted by Gasteiger charge is 2.18. The van der Waals surface area contributed by atoms with Gasteiger partial charge in [-0.1, -0.05) is 48.5 Å². The highest BCUT2D eigenvalue weighted by molar-refractivity contribution is 6.14. The topological polar surface area (TPSA) is 169 Å². The summed E-state index contributed by atoms with van der Waals surface area (Å²) in [5.74, 6) is 0. The van der Waals surface area contributed by atoms with Gasteiger partial charge in [-0.3, -0.25) is 20.2 Å². The van der Waals surface area contributed by atoms with Gasteiger partial charge in [-0.25, -0.2) is 9.59 Å². The van der Waals surface area contributed by atoms with Gasteiger partial charge in [0.25, 0.3) is 11.4 Å². The number of rotatable bonds is 6. The Bertz CT molecular complexity index is 1400. The summed E-state index contributed by atoms with van der Waals surface area (Å²) in [6.07, 6.45) is 0. The summed E-state index contributed by atoms with van der Waals surface area (Å²) in [6, 6.07) is 20.1. The molecule has 4 N–H and O–H groups in total. The first-order chi connectivity index (χ1) is 17.3. The Morgan fingerprint density at radius 2 is 0.889 bits per heavy atom. The lowest BCUT2D eigenvalue weighted by Gasteiger charge is -2.15. The van der Waals surface area contributed by atoms with Crippen LogP contribution in [-0.4, -0.2) is 21.9 Å². The summed E-state index contributed by atoms with van der Waals surface area (Å²) in [7, 11) is 0. The number of fused-ring (bicyclic) bond motifs is 1. The van der Waals surface area contributed by atoms with Gasteiger partial charge in [0.1, 0.15) is 11.4 Å². The molecule has 0 heterocycles. The van der Waals surface area contributed by atoms with Gasteiger partial charge in [0.15, 0.2) is 0 Å². The van der Waals surface area contributed by atoms with Gasteiger partial charge in [0.05, 0.1) is 21.2 Å². The van der Waals surface area contributed by atoms with Crippen molar-refractivity contribution < 1.29 is 19.4 Å². The molecular weight excluding hydrogens is 468 g/mol. The molecular formula is C24H18N6O6. The molecule has 4 aromatic carbocycles. The number of urea groups is 2. The van der Waals surface area contributed by atoms with Crippen LogP contribution in [0.4, 0.5) is 43.7 Å². The van der Waals surface area contributed by atoms with Crippen molar-refractivity contribution in [2.24, 2.45) is 0 Å². The van der Waals surface area contributed by atoms with Crippen molar-refractivity contribution in [3.05, 3.63) is 105 Å². The molecule has 12 nitrogen and oxygen atoms in total. The monoisotopic (exact) mass is 486 g/mol. The maximum absolute atomic E-state index is 12.7. The molecule has 0 unspecified atom stereocenters. The van der Waals surface area contributed by atoms with Crippen LogP contribution in [0.15, 0.2) is 84.9 Å². The summed E-state index contributed by atoms with van der Waals surface area (Å²) in [5.41, 5.74) is 0.152. The molecule has 0 bridgehead atoms. The van der Waals surface area contributed by atoms with E-state index in [0.29, 0.717) is 22.1 Å². The Morgan fingerprint density at radius 3 is 1.31 bits per heavy atom. The van der Waals surface area contributed by atoms with Gasteiger partial charge in [0.2, 0.25) is 0 Å². The molecule has 0 atom stereocenters. The minimum atomic E-state index is -0.726. The molecule has 0 saturated heterocycles. The zero-order chi connectivity index (χ0) is 25.7. The number of hydrogen-bond donors (Lipinski definition) is 4. The van der Waals surface area contributed by atoms with Crippen LogP contribution in [0.25, 0.3) is 10.8 Å². The van der Waals surface area contributed by atoms with Crippen LogP contribution in [0.5, 0.6) is 0 Å². The van der Waals surface area contributed by atoms with Crippen LogP contribution in [0.1, 0.15) is 0 Å². The Balaban J connectivity index is 1.59. The van der Waals surface area contributed by atoms with Gasteiger partial charge < -0.3 is 21.3 Å². The first-order valence-electron chi connectivity index (χ1n) is 10.5. The molecule has 0 aliphatic rings. The first-order valence-corrected chi connectivity index (χ1v) is 10.5. The number of nitrogens with one attached hydrogen (secondary N) is 4. The lowest BCUT2D eigenvalue weighted by atomic mass is 10.1. The molecule has 36 heavy (non-hydrogen) atoms. The van der Waals surface area contributed by atoms with Crippen molar-refractivity contribution in [2.75, 3.05) is 21.3 Å². The second-order valence-corrected chi connectivity index (χ2v) is 7.42. The maximum atomic E-state index is 12.7. The molecule has 0 saturated carbocycles. The summed E-state index contributed by atoms with van der Waals surface area (Å²) in [6.45, 7) is 0. The van der Waals surface area contributed by atoms with Crippen LogP contribution < -0.4 is 21.3 Å². The summed E-state index contributed by atoms with van der Waals surface area (Å²) in [5, 5.41) is 33.8. The number of carbonyl (C=O) groups is 2. The van der Waals surface area contributed by atoms with Crippen molar-refractivity contribution >= 4 is 57.0 Å². The number of amides is 4. The number of nitrogens with zero attached hydrogens (tertiary/aromatic N) is 2. The van der Waals surface area contributed by atoms with Crippen LogP contribution >= 0.6 is 0 Å². The molecule has 4 rings (SSSR count). The van der Waals surface area contributed by atoms with E-state index >= 15 is 0 Å². The standard InChI is InChI=1S/C24H18N6O6/c31-23(25-16-9-1-3-13-20(16)29(33)34)27-18-11-5-7-15-8-6-12-19(22(15)18)28-24(32)26-17-10-2-4-14-21(17)30(35)36/h1-14H,(H2,25,27,31)(H2,26,28,32). The third-order valence-electron chi connectivity index (χ3n) is 5.10. The zero-order valence-electron chi connectivity index (χ0n) is 18.4. The Hall–Kier alpha value is -5.52. The fourth-order valence-corrected chi connectivity index (χ4v) is 3.58. The predicted octanol–water partition coefficient (Wildman–Crippen LogP) is 5.94. The van der Waals surface area contributed by atoms with E-state index in [0.717, 1.165) is 0 Å². The smallest absolute Gasteiger partial charge is 0.307 e. The molecule has 0 spiro atoms. The molecule has 0 aromatic heterocycles. The number of benzene rings is 4. The highest BCUT2D eigenvalue weighted by atomic mass is 16.6. The highest BCUT2D eigenvalue weighted by Crippen LogP contribution is 2.32. The third-order valence-corrected chi connectivity index (χ3v) is 5.10. The van der Waals surface area contributed by atoms with E-state index in [1.807, 2.05) is 0 Å². The second-order valence-electron chi connectivity index (χ2n) is 7.42. The van der Waals surface area contributed by atoms with E-state index in [1.54, 1.807) is 48.5 Å². The average molecular weight is 486 g/mol. The lowest BCUT2D eigenvalue weighted by Crippen LogP contribution is -2.22. The van der Waals surface area contributed by atoms with Crippen molar-refractivity contribution in [2.45, 2.75) is 0 Å². The van der Waals surface area contributed by atoms with Gasteiger partial charge in [0, 0.05) is 17.5 Å². The van der Waals surface area contributed by atoms with E-state index in [9.17, 15) is 29.8 Å². The van der Waals surface area contributed by atoms with Crippen molar-refractivity contribution in [3.63, 3.8) is 0 Å². The van der Waals surface area contributed by atoms with Crippen molar-refractivity contribution in [1.82, 2.24) is 0 Å². The van der Waals surface area contributed by atoms with Crippen LogP contribution in [0.2, 0.25) is 0 Å². The normalized spacial score (nSPS) is 10.3. The van der Waals surface area contributed by atoms with Crippen molar-refractivity contribution in [1.29, 1.82) is 0 Å². The number of nitro benzene ring substituents is 2. The Labute approximate surface area is 203 Å². The lowest BCUT2D eigenvalue weighted by molar-refractivity contribution is -0.384. The van der Waals surface area contributed by atoms with Gasteiger partial charge in [-0.15, -0.1) is 0 Å². The quantitative estimate of drug-likeness (QED) is 0.194. The summed E-state index contributed by atoms with van der Waals surface area (Å²) >= 11 is 0.